The highest BCUT2D eigenvalue weighted by Crippen LogP contribution is 2.32. The van der Waals surface area contributed by atoms with E-state index >= 15 is 0 Å². The second kappa shape index (κ2) is 7.78. The highest BCUT2D eigenvalue weighted by atomic mass is 35.5. The van der Waals surface area contributed by atoms with Gasteiger partial charge in [0.15, 0.2) is 0 Å². The van der Waals surface area contributed by atoms with Gasteiger partial charge in [-0.3, -0.25) is 4.79 Å². The lowest BCUT2D eigenvalue weighted by molar-refractivity contribution is 0.00982. The molecule has 2 aromatic carbocycles. The summed E-state index contributed by atoms with van der Waals surface area (Å²) in [5, 5.41) is 4.62. The Balaban J connectivity index is 1.54. The quantitative estimate of drug-likeness (QED) is 0.650. The third-order valence-electron chi connectivity index (χ3n) is 5.07. The maximum atomic E-state index is 13.2. The summed E-state index contributed by atoms with van der Waals surface area (Å²) in [6.07, 6.45) is 0.737. The van der Waals surface area contributed by atoms with Crippen molar-refractivity contribution >= 4 is 17.5 Å². The summed E-state index contributed by atoms with van der Waals surface area (Å²) >= 11 is 6.30. The zero-order valence-electron chi connectivity index (χ0n) is 15.8. The molecule has 5 nitrogen and oxygen atoms in total. The maximum Gasteiger partial charge on any atom is 0.259 e. The Morgan fingerprint density at radius 3 is 2.68 bits per heavy atom. The molecule has 2 heterocycles. The highest BCUT2D eigenvalue weighted by Gasteiger charge is 2.28. The smallest absolute Gasteiger partial charge is 0.259 e. The number of ether oxygens (including phenoxy) is 1. The second-order valence-electron chi connectivity index (χ2n) is 7.03. The van der Waals surface area contributed by atoms with Crippen LogP contribution in [0.15, 0.2) is 53.1 Å². The number of carbonyl (C=O) groups is 1. The van der Waals surface area contributed by atoms with Gasteiger partial charge in [-0.15, -0.1) is 0 Å². The van der Waals surface area contributed by atoms with Gasteiger partial charge >= 0.3 is 0 Å². The van der Waals surface area contributed by atoms with Gasteiger partial charge in [0.05, 0.1) is 17.7 Å². The molecule has 0 N–H and O–H groups in total. The molecule has 1 aliphatic heterocycles. The molecule has 0 spiro atoms. The average Bonchev–Trinajstić information content (AvgIpc) is 3.08. The van der Waals surface area contributed by atoms with Gasteiger partial charge in [-0.2, -0.15) is 0 Å². The monoisotopic (exact) mass is 396 g/mol. The topological polar surface area (TPSA) is 55.6 Å². The summed E-state index contributed by atoms with van der Waals surface area (Å²) in [6.45, 7) is 2.79. The fraction of sp³-hybridized carbons (Fsp3) is 0.273. The van der Waals surface area contributed by atoms with Crippen molar-refractivity contribution in [3.8, 4) is 11.3 Å². The molecule has 4 rings (SSSR count). The molecule has 0 saturated heterocycles. The SMILES string of the molecule is Cc1onc(-c2ccccc2Cl)c1C(=O)N(C)CC1Cc2ccccc2CO1. The van der Waals surface area contributed by atoms with E-state index < -0.39 is 0 Å². The Kier molecular flexibility index (Phi) is 5.20. The number of hydrogen-bond donors (Lipinski definition) is 0. The minimum Gasteiger partial charge on any atom is -0.371 e. The molecule has 0 fully saturated rings. The first kappa shape index (κ1) is 18.7. The van der Waals surface area contributed by atoms with E-state index in [-0.39, 0.29) is 12.0 Å². The standard InChI is InChI=1S/C22H21ClN2O3/c1-14-20(21(24-28-14)18-9-5-6-10-19(18)23)22(26)25(2)12-17-11-15-7-3-4-8-16(15)13-27-17/h3-10,17H,11-13H2,1-2H3. The van der Waals surface area contributed by atoms with Gasteiger partial charge in [0.2, 0.25) is 0 Å². The third-order valence-corrected chi connectivity index (χ3v) is 5.40. The molecule has 0 bridgehead atoms. The molecule has 1 atom stereocenters. The molecular weight excluding hydrogens is 376 g/mol. The van der Waals surface area contributed by atoms with Gasteiger partial charge in [-0.05, 0) is 24.1 Å². The van der Waals surface area contributed by atoms with Crippen LogP contribution in [0.5, 0.6) is 0 Å². The zero-order chi connectivity index (χ0) is 19.7. The first-order valence-corrected chi connectivity index (χ1v) is 9.57. The fourth-order valence-electron chi connectivity index (χ4n) is 3.57. The molecule has 1 aliphatic rings. The van der Waals surface area contributed by atoms with Gasteiger partial charge in [-0.1, -0.05) is 59.2 Å². The largest absolute Gasteiger partial charge is 0.371 e. The lowest BCUT2D eigenvalue weighted by Gasteiger charge is -2.29. The van der Waals surface area contributed by atoms with E-state index in [4.69, 9.17) is 20.9 Å². The summed E-state index contributed by atoms with van der Waals surface area (Å²) in [7, 11) is 1.77. The number of fused-ring (bicyclic) bond motifs is 1. The van der Waals surface area contributed by atoms with Crippen LogP contribution in [0.3, 0.4) is 0 Å². The summed E-state index contributed by atoms with van der Waals surface area (Å²) in [4.78, 5) is 14.8. The predicted octanol–water partition coefficient (Wildman–Crippen LogP) is 4.52. The number of benzene rings is 2. The van der Waals surface area contributed by atoms with Crippen molar-refractivity contribution in [1.82, 2.24) is 10.1 Å². The number of carbonyl (C=O) groups excluding carboxylic acids is 1. The van der Waals surface area contributed by atoms with E-state index in [9.17, 15) is 4.79 Å². The number of rotatable bonds is 4. The van der Waals surface area contributed by atoms with Crippen LogP contribution < -0.4 is 0 Å². The first-order chi connectivity index (χ1) is 13.5. The van der Waals surface area contributed by atoms with Crippen LogP contribution in [-0.2, 0) is 17.8 Å². The summed E-state index contributed by atoms with van der Waals surface area (Å²) in [5.74, 6) is 0.317. The van der Waals surface area contributed by atoms with E-state index in [2.05, 4.69) is 17.3 Å². The van der Waals surface area contributed by atoms with E-state index in [1.165, 1.54) is 11.1 Å². The average molecular weight is 397 g/mol. The van der Waals surface area contributed by atoms with Gasteiger partial charge < -0.3 is 14.2 Å². The lowest BCUT2D eigenvalue weighted by Crippen LogP contribution is -2.38. The van der Waals surface area contributed by atoms with Gasteiger partial charge in [0.25, 0.3) is 5.91 Å². The number of nitrogens with zero attached hydrogens (tertiary/aromatic N) is 2. The van der Waals surface area contributed by atoms with Crippen LogP contribution in [0.4, 0.5) is 0 Å². The molecule has 144 valence electrons. The minimum atomic E-state index is -0.156. The van der Waals surface area contributed by atoms with Crippen molar-refractivity contribution in [3.63, 3.8) is 0 Å². The van der Waals surface area contributed by atoms with E-state index in [0.29, 0.717) is 40.8 Å². The number of halogens is 1. The number of aryl methyl sites for hydroxylation is 1. The second-order valence-corrected chi connectivity index (χ2v) is 7.44. The third kappa shape index (κ3) is 3.55. The summed E-state index contributed by atoms with van der Waals surface area (Å²) in [5.41, 5.74) is 4.07. The van der Waals surface area contributed by atoms with Crippen LogP contribution in [0.2, 0.25) is 5.02 Å². The summed E-state index contributed by atoms with van der Waals surface area (Å²) < 4.78 is 11.3. The van der Waals surface area contributed by atoms with E-state index in [0.717, 1.165) is 6.42 Å². The number of hydrogen-bond acceptors (Lipinski definition) is 4. The van der Waals surface area contributed by atoms with Gasteiger partial charge in [0.1, 0.15) is 17.0 Å². The van der Waals surface area contributed by atoms with Crippen molar-refractivity contribution < 1.29 is 14.1 Å². The Morgan fingerprint density at radius 2 is 1.89 bits per heavy atom. The predicted molar refractivity (Wildman–Crippen MR) is 107 cm³/mol. The van der Waals surface area contributed by atoms with Crippen molar-refractivity contribution in [1.29, 1.82) is 0 Å². The Hall–Kier alpha value is -2.63. The molecule has 1 amide bonds. The van der Waals surface area contributed by atoms with Crippen molar-refractivity contribution in [2.24, 2.45) is 0 Å². The number of aromatic nitrogens is 1. The van der Waals surface area contributed by atoms with E-state index in [1.54, 1.807) is 24.9 Å². The van der Waals surface area contributed by atoms with Crippen LogP contribution in [-0.4, -0.2) is 35.7 Å². The van der Waals surface area contributed by atoms with Crippen LogP contribution in [0.25, 0.3) is 11.3 Å². The van der Waals surface area contributed by atoms with Crippen molar-refractivity contribution in [2.75, 3.05) is 13.6 Å². The van der Waals surface area contributed by atoms with Crippen LogP contribution >= 0.6 is 11.6 Å². The highest BCUT2D eigenvalue weighted by molar-refractivity contribution is 6.33. The minimum absolute atomic E-state index is 0.0484. The Bertz CT molecular complexity index is 1010. The van der Waals surface area contributed by atoms with Gasteiger partial charge in [0, 0.05) is 25.6 Å². The molecule has 28 heavy (non-hydrogen) atoms. The van der Waals surface area contributed by atoms with E-state index in [1.807, 2.05) is 30.3 Å². The molecule has 0 aliphatic carbocycles. The van der Waals surface area contributed by atoms with Crippen molar-refractivity contribution in [3.05, 3.63) is 76.0 Å². The first-order valence-electron chi connectivity index (χ1n) is 9.19. The fourth-order valence-corrected chi connectivity index (χ4v) is 3.79. The van der Waals surface area contributed by atoms with Gasteiger partial charge in [-0.25, -0.2) is 0 Å². The molecule has 0 saturated carbocycles. The Labute approximate surface area is 168 Å². The number of amides is 1. The molecule has 0 radical (unpaired) electrons. The molecular formula is C22H21ClN2O3. The maximum absolute atomic E-state index is 13.2. The van der Waals surface area contributed by atoms with Crippen LogP contribution in [0.1, 0.15) is 27.2 Å². The van der Waals surface area contributed by atoms with Crippen molar-refractivity contribution in [2.45, 2.75) is 26.1 Å². The normalized spacial score (nSPS) is 15.9. The number of likely N-dealkylation sites (N-methyl/N-ethyl adjacent to an activating group) is 1. The molecule has 1 unspecified atom stereocenters. The Morgan fingerprint density at radius 1 is 1.18 bits per heavy atom. The lowest BCUT2D eigenvalue weighted by atomic mass is 9.99. The van der Waals surface area contributed by atoms with Crippen LogP contribution in [0, 0.1) is 6.92 Å². The summed E-state index contributed by atoms with van der Waals surface area (Å²) in [6, 6.07) is 15.5. The molecule has 1 aromatic heterocycles. The zero-order valence-corrected chi connectivity index (χ0v) is 16.6. The molecule has 6 heteroatoms. The molecule has 3 aromatic rings.